The highest BCUT2D eigenvalue weighted by molar-refractivity contribution is 7.92. The van der Waals surface area contributed by atoms with Gasteiger partial charge in [0.1, 0.15) is 0 Å². The molecule has 1 aromatic carbocycles. The average Bonchev–Trinajstić information content (AvgIpc) is 3.03. The van der Waals surface area contributed by atoms with Gasteiger partial charge in [-0.2, -0.15) is 0 Å². The van der Waals surface area contributed by atoms with Crippen molar-refractivity contribution >= 4 is 38.9 Å². The second kappa shape index (κ2) is 7.85. The van der Waals surface area contributed by atoms with Gasteiger partial charge in [0.15, 0.2) is 0 Å². The zero-order chi connectivity index (χ0) is 19.4. The number of hydrogen-bond acceptors (Lipinski definition) is 6. The van der Waals surface area contributed by atoms with Crippen molar-refractivity contribution in [2.45, 2.75) is 25.2 Å². The van der Waals surface area contributed by atoms with E-state index in [-0.39, 0.29) is 16.8 Å². The van der Waals surface area contributed by atoms with Crippen LogP contribution in [0.2, 0.25) is 0 Å². The molecule has 9 heteroatoms. The molecule has 1 amide bonds. The van der Waals surface area contributed by atoms with Gasteiger partial charge in [0.05, 0.1) is 9.77 Å². The van der Waals surface area contributed by atoms with Crippen LogP contribution in [-0.2, 0) is 16.4 Å². The minimum Gasteiger partial charge on any atom is -0.321 e. The van der Waals surface area contributed by atoms with Crippen LogP contribution in [0.4, 0.5) is 11.6 Å². The van der Waals surface area contributed by atoms with Crippen LogP contribution in [-0.4, -0.2) is 24.3 Å². The summed E-state index contributed by atoms with van der Waals surface area (Å²) >= 11 is 1.46. The Morgan fingerprint density at radius 3 is 2.41 bits per heavy atom. The molecule has 0 aliphatic heterocycles. The first-order valence-corrected chi connectivity index (χ1v) is 10.5. The maximum atomic E-state index is 12.4. The highest BCUT2D eigenvalue weighted by Crippen LogP contribution is 2.24. The molecule has 0 saturated heterocycles. The van der Waals surface area contributed by atoms with Crippen molar-refractivity contribution in [1.29, 1.82) is 0 Å². The largest absolute Gasteiger partial charge is 0.321 e. The fraction of sp³-hybridized carbons (Fsp3) is 0.167. The number of benzene rings is 1. The fourth-order valence-electron chi connectivity index (χ4n) is 2.42. The van der Waals surface area contributed by atoms with Gasteiger partial charge in [0.25, 0.3) is 15.9 Å². The molecule has 2 aromatic heterocycles. The number of carbonyl (C=O) groups is 1. The number of thiophene rings is 1. The van der Waals surface area contributed by atoms with Crippen LogP contribution in [0.15, 0.2) is 53.7 Å². The van der Waals surface area contributed by atoms with Crippen molar-refractivity contribution in [2.75, 3.05) is 10.0 Å². The third-order valence-corrected chi connectivity index (χ3v) is 6.50. The monoisotopic (exact) mass is 402 g/mol. The van der Waals surface area contributed by atoms with E-state index >= 15 is 0 Å². The van der Waals surface area contributed by atoms with Gasteiger partial charge in [-0.1, -0.05) is 6.92 Å². The topological polar surface area (TPSA) is 101 Å². The number of hydrogen-bond donors (Lipinski definition) is 2. The molecule has 3 aromatic rings. The summed E-state index contributed by atoms with van der Waals surface area (Å²) in [6, 6.07) is 9.37. The molecule has 0 radical (unpaired) electrons. The van der Waals surface area contributed by atoms with Crippen molar-refractivity contribution < 1.29 is 13.2 Å². The highest BCUT2D eigenvalue weighted by Gasteiger charge is 2.16. The Morgan fingerprint density at radius 2 is 1.81 bits per heavy atom. The molecule has 0 saturated carbocycles. The lowest BCUT2D eigenvalue weighted by atomic mass is 10.2. The van der Waals surface area contributed by atoms with Gasteiger partial charge in [-0.3, -0.25) is 4.79 Å². The second-order valence-corrected chi connectivity index (χ2v) is 8.55. The van der Waals surface area contributed by atoms with Crippen molar-refractivity contribution in [3.8, 4) is 0 Å². The van der Waals surface area contributed by atoms with E-state index in [1.54, 1.807) is 18.2 Å². The highest BCUT2D eigenvalue weighted by atomic mass is 32.2. The van der Waals surface area contributed by atoms with Crippen LogP contribution in [0.3, 0.4) is 0 Å². The lowest BCUT2D eigenvalue weighted by Gasteiger charge is -2.08. The molecule has 0 spiro atoms. The molecule has 0 bridgehead atoms. The predicted molar refractivity (Wildman–Crippen MR) is 106 cm³/mol. The number of amides is 1. The first-order chi connectivity index (χ1) is 12.9. The van der Waals surface area contributed by atoms with E-state index in [0.29, 0.717) is 10.6 Å². The molecule has 0 aliphatic rings. The van der Waals surface area contributed by atoms with E-state index in [4.69, 9.17) is 0 Å². The average molecular weight is 403 g/mol. The number of sulfonamides is 1. The van der Waals surface area contributed by atoms with E-state index < -0.39 is 10.0 Å². The molecule has 2 heterocycles. The second-order valence-electron chi connectivity index (χ2n) is 5.73. The molecular formula is C18H18N4O3S2. The van der Waals surface area contributed by atoms with Crippen molar-refractivity contribution in [3.05, 3.63) is 64.1 Å². The van der Waals surface area contributed by atoms with Crippen LogP contribution in [0.5, 0.6) is 0 Å². The SMILES string of the molecule is CCc1sc(C(=O)Nc2ccc(S(=O)(=O)Nc3ncccn3)cc2)cc1C. The summed E-state index contributed by atoms with van der Waals surface area (Å²) in [6.07, 6.45) is 3.77. The van der Waals surface area contributed by atoms with Gasteiger partial charge in [0.2, 0.25) is 5.95 Å². The van der Waals surface area contributed by atoms with Crippen LogP contribution in [0.25, 0.3) is 0 Å². The Bertz CT molecular complexity index is 1050. The Kier molecular flexibility index (Phi) is 5.52. The van der Waals surface area contributed by atoms with E-state index in [2.05, 4.69) is 20.0 Å². The van der Waals surface area contributed by atoms with Crippen LogP contribution in [0.1, 0.15) is 27.0 Å². The minimum atomic E-state index is -3.80. The van der Waals surface area contributed by atoms with Gasteiger partial charge in [-0.05, 0) is 55.3 Å². The molecule has 7 nitrogen and oxygen atoms in total. The van der Waals surface area contributed by atoms with Crippen LogP contribution >= 0.6 is 11.3 Å². The Hall–Kier alpha value is -2.78. The number of rotatable bonds is 6. The van der Waals surface area contributed by atoms with Gasteiger partial charge >= 0.3 is 0 Å². The van der Waals surface area contributed by atoms with Crippen LogP contribution < -0.4 is 10.0 Å². The van der Waals surface area contributed by atoms with Gasteiger partial charge in [0, 0.05) is 23.0 Å². The first kappa shape index (κ1) is 19.0. The number of anilines is 2. The predicted octanol–water partition coefficient (Wildman–Crippen LogP) is 3.46. The summed E-state index contributed by atoms with van der Waals surface area (Å²) in [6.45, 7) is 4.03. The van der Waals surface area contributed by atoms with Crippen molar-refractivity contribution in [1.82, 2.24) is 9.97 Å². The zero-order valence-corrected chi connectivity index (χ0v) is 16.4. The summed E-state index contributed by atoms with van der Waals surface area (Å²) in [5.41, 5.74) is 1.61. The third kappa shape index (κ3) is 4.50. The molecule has 3 rings (SSSR count). The van der Waals surface area contributed by atoms with Gasteiger partial charge < -0.3 is 5.32 Å². The van der Waals surface area contributed by atoms with E-state index in [1.807, 2.05) is 19.9 Å². The summed E-state index contributed by atoms with van der Waals surface area (Å²) < 4.78 is 27.0. The Labute approximate surface area is 161 Å². The number of nitrogens with zero attached hydrogens (tertiary/aromatic N) is 2. The fourth-order valence-corrected chi connectivity index (χ4v) is 4.39. The molecule has 0 aliphatic carbocycles. The molecule has 0 unspecified atom stereocenters. The normalized spacial score (nSPS) is 11.2. The standard InChI is InChI=1S/C18H18N4O3S2/c1-3-15-12(2)11-16(26-15)17(23)21-13-5-7-14(8-6-13)27(24,25)22-18-19-9-4-10-20-18/h4-11H,3H2,1-2H3,(H,21,23)(H,19,20,22). The molecule has 140 valence electrons. The zero-order valence-electron chi connectivity index (χ0n) is 14.8. The number of aromatic nitrogens is 2. The van der Waals surface area contributed by atoms with Gasteiger partial charge in [-0.25, -0.2) is 23.1 Å². The summed E-state index contributed by atoms with van der Waals surface area (Å²) in [5.74, 6) is -0.219. The van der Waals surface area contributed by atoms with E-state index in [0.717, 1.165) is 12.0 Å². The maximum absolute atomic E-state index is 12.4. The van der Waals surface area contributed by atoms with Crippen molar-refractivity contribution in [2.24, 2.45) is 0 Å². The summed E-state index contributed by atoms with van der Waals surface area (Å²) in [5, 5.41) is 2.78. The molecule has 27 heavy (non-hydrogen) atoms. The first-order valence-electron chi connectivity index (χ1n) is 8.19. The van der Waals surface area contributed by atoms with Crippen molar-refractivity contribution in [3.63, 3.8) is 0 Å². The number of carbonyl (C=O) groups excluding carboxylic acids is 1. The molecule has 0 atom stereocenters. The smallest absolute Gasteiger partial charge is 0.265 e. The quantitative estimate of drug-likeness (QED) is 0.657. The van der Waals surface area contributed by atoms with Gasteiger partial charge in [-0.15, -0.1) is 11.3 Å². The Balaban J connectivity index is 1.72. The maximum Gasteiger partial charge on any atom is 0.265 e. The molecule has 0 fully saturated rings. The number of aryl methyl sites for hydroxylation is 2. The lowest BCUT2D eigenvalue weighted by Crippen LogP contribution is -2.15. The number of nitrogens with one attached hydrogen (secondary N) is 2. The lowest BCUT2D eigenvalue weighted by molar-refractivity contribution is 0.103. The minimum absolute atomic E-state index is 0.00493. The van der Waals surface area contributed by atoms with E-state index in [1.165, 1.54) is 40.7 Å². The Morgan fingerprint density at radius 1 is 1.15 bits per heavy atom. The van der Waals surface area contributed by atoms with E-state index in [9.17, 15) is 13.2 Å². The summed E-state index contributed by atoms with van der Waals surface area (Å²) in [7, 11) is -3.80. The summed E-state index contributed by atoms with van der Waals surface area (Å²) in [4.78, 5) is 21.9. The van der Waals surface area contributed by atoms with Crippen LogP contribution in [0, 0.1) is 6.92 Å². The third-order valence-electron chi connectivity index (χ3n) is 3.78. The molecular weight excluding hydrogens is 384 g/mol. The molecule has 2 N–H and O–H groups in total.